The van der Waals surface area contributed by atoms with E-state index in [2.05, 4.69) is 25.8 Å². The molecule has 0 atom stereocenters. The van der Waals surface area contributed by atoms with Gasteiger partial charge in [-0.15, -0.1) is 0 Å². The van der Waals surface area contributed by atoms with E-state index in [-0.39, 0.29) is 29.6 Å². The summed E-state index contributed by atoms with van der Waals surface area (Å²) >= 11 is 0. The number of halogens is 1. The summed E-state index contributed by atoms with van der Waals surface area (Å²) in [5.74, 6) is -0.710. The first kappa shape index (κ1) is 27.1. The number of pyridine rings is 1. The Balaban J connectivity index is 1.11. The van der Waals surface area contributed by atoms with Crippen LogP contribution in [0, 0.1) is 5.82 Å². The van der Waals surface area contributed by atoms with Gasteiger partial charge in [0.15, 0.2) is 11.6 Å². The van der Waals surface area contributed by atoms with E-state index in [0.29, 0.717) is 24.9 Å². The van der Waals surface area contributed by atoms with Crippen molar-refractivity contribution >= 4 is 29.5 Å². The van der Waals surface area contributed by atoms with Gasteiger partial charge in [0.25, 0.3) is 0 Å². The number of ether oxygens (including phenoxy) is 1. The molecule has 0 bridgehead atoms. The minimum atomic E-state index is -0.770. The van der Waals surface area contributed by atoms with Crippen LogP contribution in [-0.4, -0.2) is 65.0 Å². The van der Waals surface area contributed by atoms with Gasteiger partial charge < -0.3 is 19.9 Å². The quantitative estimate of drug-likeness (QED) is 0.399. The first-order valence-corrected chi connectivity index (χ1v) is 13.3. The van der Waals surface area contributed by atoms with E-state index in [9.17, 15) is 18.8 Å². The number of rotatable bonds is 7. The van der Waals surface area contributed by atoms with Crippen LogP contribution in [0.3, 0.4) is 0 Å². The fourth-order valence-electron chi connectivity index (χ4n) is 4.77. The van der Waals surface area contributed by atoms with Gasteiger partial charge in [-0.05, 0) is 56.1 Å². The zero-order chi connectivity index (χ0) is 27.9. The summed E-state index contributed by atoms with van der Waals surface area (Å²) in [6.45, 7) is 3.68. The van der Waals surface area contributed by atoms with Crippen molar-refractivity contribution in [3.05, 3.63) is 78.2 Å². The Morgan fingerprint density at radius 2 is 1.73 bits per heavy atom. The highest BCUT2D eigenvalue weighted by Gasteiger charge is 2.29. The number of carbonyl (C=O) groups excluding carboxylic acids is 3. The van der Waals surface area contributed by atoms with Crippen LogP contribution in [0.4, 0.5) is 25.5 Å². The molecule has 0 radical (unpaired) electrons. The molecule has 208 valence electrons. The highest BCUT2D eigenvalue weighted by atomic mass is 19.1. The molecule has 3 aromatic rings. The second-order valence-corrected chi connectivity index (χ2v) is 9.83. The number of nitrogens with one attached hydrogen (secondary N) is 3. The van der Waals surface area contributed by atoms with Crippen molar-refractivity contribution in [2.24, 2.45) is 0 Å². The van der Waals surface area contributed by atoms with Gasteiger partial charge in [0.05, 0.1) is 6.42 Å². The summed E-state index contributed by atoms with van der Waals surface area (Å²) in [4.78, 5) is 45.4. The standard InChI is InChI=1S/C29H31FN6O4/c30-24-18-21(32-28(38)34-27(37)17-20-5-2-1-3-6-20)7-8-25(24)40-23-9-12-31-26(19-23)33-29(39)36-15-10-22(11-16-36)35-13-4-14-35/h1-3,5-9,12,18-19,22H,4,10-11,13-17H2,(H,31,33,39)(H2,32,34,37,38). The Morgan fingerprint density at radius 1 is 0.950 bits per heavy atom. The molecule has 0 unspecified atom stereocenters. The first-order valence-electron chi connectivity index (χ1n) is 13.3. The molecule has 0 saturated carbocycles. The average molecular weight is 547 g/mol. The van der Waals surface area contributed by atoms with Gasteiger partial charge in [-0.1, -0.05) is 30.3 Å². The second kappa shape index (κ2) is 12.6. The molecule has 11 heteroatoms. The van der Waals surface area contributed by atoms with Crippen LogP contribution in [0.5, 0.6) is 11.5 Å². The van der Waals surface area contributed by atoms with Gasteiger partial charge in [-0.25, -0.2) is 19.0 Å². The van der Waals surface area contributed by atoms with E-state index in [4.69, 9.17) is 4.74 Å². The number of aromatic nitrogens is 1. The molecular weight excluding hydrogens is 515 g/mol. The number of benzene rings is 2. The molecule has 3 heterocycles. The maximum absolute atomic E-state index is 14.7. The van der Waals surface area contributed by atoms with Crippen LogP contribution >= 0.6 is 0 Å². The number of likely N-dealkylation sites (tertiary alicyclic amines) is 2. The van der Waals surface area contributed by atoms with Crippen molar-refractivity contribution in [2.45, 2.75) is 31.7 Å². The van der Waals surface area contributed by atoms with Gasteiger partial charge in [0.2, 0.25) is 5.91 Å². The highest BCUT2D eigenvalue weighted by molar-refractivity contribution is 6.01. The van der Waals surface area contributed by atoms with Crippen LogP contribution in [0.1, 0.15) is 24.8 Å². The van der Waals surface area contributed by atoms with Crippen molar-refractivity contribution in [2.75, 3.05) is 36.8 Å². The van der Waals surface area contributed by atoms with E-state index >= 15 is 0 Å². The Morgan fingerprint density at radius 3 is 2.42 bits per heavy atom. The lowest BCUT2D eigenvalue weighted by atomic mass is 10.00. The molecule has 5 rings (SSSR count). The molecular formula is C29H31FN6O4. The lowest BCUT2D eigenvalue weighted by Crippen LogP contribution is -2.51. The molecule has 2 saturated heterocycles. The number of hydrogen-bond donors (Lipinski definition) is 3. The van der Waals surface area contributed by atoms with Crippen molar-refractivity contribution in [3.8, 4) is 11.5 Å². The monoisotopic (exact) mass is 546 g/mol. The van der Waals surface area contributed by atoms with Crippen LogP contribution < -0.4 is 20.7 Å². The molecule has 2 aliphatic heterocycles. The topological polar surface area (TPSA) is 116 Å². The summed E-state index contributed by atoms with van der Waals surface area (Å²) < 4.78 is 20.4. The second-order valence-electron chi connectivity index (χ2n) is 9.83. The number of anilines is 2. The maximum atomic E-state index is 14.7. The first-order chi connectivity index (χ1) is 19.4. The van der Waals surface area contributed by atoms with E-state index < -0.39 is 17.8 Å². The van der Waals surface area contributed by atoms with Crippen LogP contribution in [0.15, 0.2) is 66.9 Å². The summed E-state index contributed by atoms with van der Waals surface area (Å²) in [6, 6.07) is 15.5. The molecule has 2 aliphatic rings. The predicted molar refractivity (Wildman–Crippen MR) is 148 cm³/mol. The van der Waals surface area contributed by atoms with Gasteiger partial charge in [-0.3, -0.25) is 15.4 Å². The van der Waals surface area contributed by atoms with Crippen molar-refractivity contribution in [1.82, 2.24) is 20.1 Å². The van der Waals surface area contributed by atoms with E-state index in [1.807, 2.05) is 6.07 Å². The average Bonchev–Trinajstić information content (AvgIpc) is 2.90. The normalized spacial score (nSPS) is 15.6. The third-order valence-electron chi connectivity index (χ3n) is 7.00. The number of carbonyl (C=O) groups is 3. The van der Waals surface area contributed by atoms with Crippen molar-refractivity contribution in [1.29, 1.82) is 0 Å². The number of hydrogen-bond acceptors (Lipinski definition) is 6. The zero-order valence-corrected chi connectivity index (χ0v) is 21.9. The highest BCUT2D eigenvalue weighted by Crippen LogP contribution is 2.28. The molecule has 2 aromatic carbocycles. The fraction of sp³-hybridized carbons (Fsp3) is 0.310. The smallest absolute Gasteiger partial charge is 0.325 e. The fourth-order valence-corrected chi connectivity index (χ4v) is 4.77. The van der Waals surface area contributed by atoms with Gasteiger partial charge in [-0.2, -0.15) is 0 Å². The van der Waals surface area contributed by atoms with E-state index in [1.165, 1.54) is 30.8 Å². The maximum Gasteiger partial charge on any atom is 0.325 e. The van der Waals surface area contributed by atoms with E-state index in [1.54, 1.807) is 35.2 Å². The Labute approximate surface area is 231 Å². The molecule has 40 heavy (non-hydrogen) atoms. The van der Waals surface area contributed by atoms with Crippen molar-refractivity contribution in [3.63, 3.8) is 0 Å². The number of piperidine rings is 1. The molecule has 5 amide bonds. The molecule has 3 N–H and O–H groups in total. The van der Waals surface area contributed by atoms with Gasteiger partial charge in [0.1, 0.15) is 11.6 Å². The Kier molecular flexibility index (Phi) is 8.50. The minimum absolute atomic E-state index is 0.0427. The lowest BCUT2D eigenvalue weighted by Gasteiger charge is -2.42. The SMILES string of the molecule is O=C(Cc1ccccc1)NC(=O)Nc1ccc(Oc2ccnc(NC(=O)N3CCC(N4CCC4)CC3)c2)c(F)c1. The van der Waals surface area contributed by atoms with Crippen molar-refractivity contribution < 1.29 is 23.5 Å². The summed E-state index contributed by atoms with van der Waals surface area (Å²) in [7, 11) is 0. The minimum Gasteiger partial charge on any atom is -0.454 e. The summed E-state index contributed by atoms with van der Waals surface area (Å²) in [5.41, 5.74) is 0.914. The van der Waals surface area contributed by atoms with Crippen LogP contribution in [0.2, 0.25) is 0 Å². The molecule has 0 spiro atoms. The molecule has 1 aromatic heterocycles. The third-order valence-corrected chi connectivity index (χ3v) is 7.00. The number of amides is 5. The van der Waals surface area contributed by atoms with Gasteiger partial charge in [0, 0.05) is 43.1 Å². The summed E-state index contributed by atoms with van der Waals surface area (Å²) in [6.07, 6.45) is 4.68. The predicted octanol–water partition coefficient (Wildman–Crippen LogP) is 4.61. The molecule has 10 nitrogen and oxygen atoms in total. The van der Waals surface area contributed by atoms with Crippen LogP contribution in [0.25, 0.3) is 0 Å². The van der Waals surface area contributed by atoms with Gasteiger partial charge >= 0.3 is 12.1 Å². The largest absolute Gasteiger partial charge is 0.454 e. The number of nitrogens with zero attached hydrogens (tertiary/aromatic N) is 3. The number of urea groups is 2. The zero-order valence-electron chi connectivity index (χ0n) is 21.9. The molecule has 2 fully saturated rings. The molecule has 0 aliphatic carbocycles. The third kappa shape index (κ3) is 7.11. The van der Waals surface area contributed by atoms with Crippen LogP contribution in [-0.2, 0) is 11.2 Å². The lowest BCUT2D eigenvalue weighted by molar-refractivity contribution is -0.119. The van der Waals surface area contributed by atoms with E-state index in [0.717, 1.165) is 37.6 Å². The Bertz CT molecular complexity index is 1360. The Hall–Kier alpha value is -4.51. The summed E-state index contributed by atoms with van der Waals surface area (Å²) in [5, 5.41) is 7.45. The number of imide groups is 1.